The molecule has 0 spiro atoms. The summed E-state index contributed by atoms with van der Waals surface area (Å²) >= 11 is 3.20. The lowest BCUT2D eigenvalue weighted by atomic mass is 9.93. The topological polar surface area (TPSA) is 82.5 Å². The summed E-state index contributed by atoms with van der Waals surface area (Å²) in [5, 5.41) is 15.5. The number of para-hydroxylation sites is 1. The zero-order valence-electron chi connectivity index (χ0n) is 22.4. The Kier molecular flexibility index (Phi) is 9.79. The Morgan fingerprint density at radius 3 is 2.41 bits per heavy atom. The average Bonchev–Trinajstić information content (AvgIpc) is 3.35. The number of thioether (sulfide) groups is 1. The molecule has 4 aromatic rings. The van der Waals surface area contributed by atoms with Gasteiger partial charge in [0, 0.05) is 23.2 Å². The minimum Gasteiger partial charge on any atom is -0.480 e. The van der Waals surface area contributed by atoms with E-state index in [0.29, 0.717) is 30.8 Å². The molecule has 8 heteroatoms. The molecule has 1 heterocycles. The van der Waals surface area contributed by atoms with Crippen LogP contribution in [-0.2, 0) is 17.9 Å². The van der Waals surface area contributed by atoms with Crippen LogP contribution in [0.4, 0.5) is 5.69 Å². The molecule has 1 aromatic heterocycles. The summed E-state index contributed by atoms with van der Waals surface area (Å²) in [6.45, 7) is 5.30. The molecule has 0 unspecified atom stereocenters. The first kappa shape index (κ1) is 28.4. The van der Waals surface area contributed by atoms with E-state index >= 15 is 0 Å². The van der Waals surface area contributed by atoms with Crippen LogP contribution in [0, 0.1) is 13.8 Å². The van der Waals surface area contributed by atoms with Crippen LogP contribution in [0.3, 0.4) is 0 Å². The first-order chi connectivity index (χ1) is 18.9. The predicted octanol–water partition coefficient (Wildman–Crippen LogP) is 6.57. The predicted molar refractivity (Wildman–Crippen MR) is 162 cm³/mol. The first-order valence-corrected chi connectivity index (χ1v) is 15.1. The van der Waals surface area contributed by atoms with Crippen LogP contribution >= 0.6 is 23.1 Å². The van der Waals surface area contributed by atoms with Crippen molar-refractivity contribution in [3.8, 4) is 11.1 Å². The van der Waals surface area contributed by atoms with E-state index in [4.69, 9.17) is 0 Å². The highest BCUT2D eigenvalue weighted by atomic mass is 32.2. The van der Waals surface area contributed by atoms with Crippen LogP contribution in [0.1, 0.15) is 38.6 Å². The molecule has 4 rings (SSSR count). The molecular formula is C31H33N3O3S2. The van der Waals surface area contributed by atoms with Gasteiger partial charge in [-0.15, -0.1) is 11.3 Å². The number of carboxylic acids is 1. The zero-order chi connectivity index (χ0) is 27.8. The van der Waals surface area contributed by atoms with Gasteiger partial charge in [0.25, 0.3) is 5.91 Å². The summed E-state index contributed by atoms with van der Waals surface area (Å²) in [5.74, 6) is -0.761. The number of rotatable bonds is 12. The van der Waals surface area contributed by atoms with Gasteiger partial charge in [0.2, 0.25) is 0 Å². The zero-order valence-corrected chi connectivity index (χ0v) is 24.0. The van der Waals surface area contributed by atoms with Gasteiger partial charge < -0.3 is 15.3 Å². The maximum absolute atomic E-state index is 13.4. The van der Waals surface area contributed by atoms with E-state index in [1.54, 1.807) is 23.1 Å². The van der Waals surface area contributed by atoms with E-state index in [-0.39, 0.29) is 5.91 Å². The maximum Gasteiger partial charge on any atom is 0.326 e. The number of nitrogens with one attached hydrogen (secondary N) is 1. The molecule has 0 saturated heterocycles. The van der Waals surface area contributed by atoms with E-state index < -0.39 is 12.0 Å². The molecule has 0 aliphatic rings. The number of carbonyl (C=O) groups is 2. The second kappa shape index (κ2) is 13.4. The second-order valence-corrected chi connectivity index (χ2v) is 11.4. The number of carbonyl (C=O) groups excluding carboxylic acids is 1. The Hall–Kier alpha value is -3.62. The Bertz CT molecular complexity index is 1420. The highest BCUT2D eigenvalue weighted by Crippen LogP contribution is 2.30. The van der Waals surface area contributed by atoms with E-state index in [1.165, 1.54) is 0 Å². The fraction of sp³-hybridized carbons (Fsp3) is 0.258. The van der Waals surface area contributed by atoms with Gasteiger partial charge in [0.05, 0.1) is 17.2 Å². The molecular weight excluding hydrogens is 526 g/mol. The molecule has 0 aliphatic heterocycles. The minimum absolute atomic E-state index is 0.363. The van der Waals surface area contributed by atoms with E-state index in [0.717, 1.165) is 38.6 Å². The number of aryl methyl sites for hydroxylation is 2. The van der Waals surface area contributed by atoms with Crippen molar-refractivity contribution in [1.82, 2.24) is 10.3 Å². The molecule has 0 aliphatic carbocycles. The van der Waals surface area contributed by atoms with Crippen LogP contribution in [0.2, 0.25) is 0 Å². The van der Waals surface area contributed by atoms with Crippen LogP contribution in [-0.4, -0.2) is 40.0 Å². The SMILES string of the molecule is CSCC[C@H](NC(=O)c1ccc(CN(Cc2csc(C)n2)c2ccccc2)cc1-c1ccccc1C)C(=O)O. The lowest BCUT2D eigenvalue weighted by Crippen LogP contribution is -2.41. The summed E-state index contributed by atoms with van der Waals surface area (Å²) in [7, 11) is 0. The molecule has 3 aromatic carbocycles. The van der Waals surface area contributed by atoms with E-state index in [2.05, 4.69) is 38.8 Å². The third kappa shape index (κ3) is 7.49. The van der Waals surface area contributed by atoms with Gasteiger partial charge in [0.1, 0.15) is 6.04 Å². The molecule has 0 radical (unpaired) electrons. The maximum atomic E-state index is 13.4. The quantitative estimate of drug-likeness (QED) is 0.204. The van der Waals surface area contributed by atoms with Crippen LogP contribution < -0.4 is 10.2 Å². The van der Waals surface area contributed by atoms with Gasteiger partial charge in [-0.2, -0.15) is 11.8 Å². The monoisotopic (exact) mass is 559 g/mol. The van der Waals surface area contributed by atoms with Crippen molar-refractivity contribution in [3.05, 3.63) is 106 Å². The summed E-state index contributed by atoms with van der Waals surface area (Å²) < 4.78 is 0. The van der Waals surface area contributed by atoms with Crippen LogP contribution in [0.15, 0.2) is 78.2 Å². The van der Waals surface area contributed by atoms with Crippen molar-refractivity contribution < 1.29 is 14.7 Å². The summed E-state index contributed by atoms with van der Waals surface area (Å²) in [4.78, 5) is 32.2. The molecule has 2 N–H and O–H groups in total. The van der Waals surface area contributed by atoms with Crippen molar-refractivity contribution in [2.24, 2.45) is 0 Å². The van der Waals surface area contributed by atoms with Gasteiger partial charge in [-0.3, -0.25) is 4.79 Å². The van der Waals surface area contributed by atoms with Gasteiger partial charge in [-0.1, -0.05) is 48.5 Å². The van der Waals surface area contributed by atoms with E-state index in [9.17, 15) is 14.7 Å². The number of anilines is 1. The van der Waals surface area contributed by atoms with Crippen molar-refractivity contribution >= 4 is 40.7 Å². The number of aromatic nitrogens is 1. The number of carboxylic acid groups (broad SMARTS) is 1. The number of nitrogens with zero attached hydrogens (tertiary/aromatic N) is 2. The van der Waals surface area contributed by atoms with Gasteiger partial charge in [-0.25, -0.2) is 9.78 Å². The van der Waals surface area contributed by atoms with E-state index in [1.807, 2.05) is 74.7 Å². The van der Waals surface area contributed by atoms with Crippen molar-refractivity contribution in [2.75, 3.05) is 16.9 Å². The molecule has 0 saturated carbocycles. The Labute approximate surface area is 238 Å². The lowest BCUT2D eigenvalue weighted by Gasteiger charge is -2.25. The highest BCUT2D eigenvalue weighted by Gasteiger charge is 2.23. The molecule has 1 atom stereocenters. The summed E-state index contributed by atoms with van der Waals surface area (Å²) in [6.07, 6.45) is 2.28. The van der Waals surface area contributed by atoms with Crippen molar-refractivity contribution in [2.45, 2.75) is 39.4 Å². The number of thiazole rings is 1. The van der Waals surface area contributed by atoms with Gasteiger partial charge >= 0.3 is 5.97 Å². The molecule has 202 valence electrons. The molecule has 39 heavy (non-hydrogen) atoms. The van der Waals surface area contributed by atoms with Gasteiger partial charge in [0.15, 0.2) is 0 Å². The fourth-order valence-electron chi connectivity index (χ4n) is 4.49. The van der Waals surface area contributed by atoms with Crippen LogP contribution in [0.25, 0.3) is 11.1 Å². The summed E-state index contributed by atoms with van der Waals surface area (Å²) in [5.41, 5.74) is 6.37. The van der Waals surface area contributed by atoms with Gasteiger partial charge in [-0.05, 0) is 78.8 Å². The first-order valence-electron chi connectivity index (χ1n) is 12.8. The highest BCUT2D eigenvalue weighted by molar-refractivity contribution is 7.98. The molecule has 0 bridgehead atoms. The third-order valence-electron chi connectivity index (χ3n) is 6.49. The van der Waals surface area contributed by atoms with Crippen molar-refractivity contribution in [1.29, 1.82) is 0 Å². The second-order valence-electron chi connectivity index (χ2n) is 9.39. The smallest absolute Gasteiger partial charge is 0.326 e. The van der Waals surface area contributed by atoms with Crippen LogP contribution in [0.5, 0.6) is 0 Å². The Morgan fingerprint density at radius 2 is 1.74 bits per heavy atom. The number of aliphatic carboxylic acids is 1. The molecule has 6 nitrogen and oxygen atoms in total. The minimum atomic E-state index is -1.03. The molecule has 0 fully saturated rings. The number of hydrogen-bond donors (Lipinski definition) is 2. The third-order valence-corrected chi connectivity index (χ3v) is 7.96. The standard InChI is InChI=1S/C31H33N3O3S2/c1-21-9-7-8-12-26(21)28-17-23(13-14-27(28)30(35)33-29(31(36)37)15-16-38-3)18-34(25-10-5-4-6-11-25)19-24-20-39-22(2)32-24/h4-14,17,20,29H,15-16,18-19H2,1-3H3,(H,33,35)(H,36,37)/t29-/m0/s1. The normalized spacial score (nSPS) is 11.7. The van der Waals surface area contributed by atoms with Crippen molar-refractivity contribution in [3.63, 3.8) is 0 Å². The summed E-state index contributed by atoms with van der Waals surface area (Å²) in [6, 6.07) is 23.1. The number of amides is 1. The lowest BCUT2D eigenvalue weighted by molar-refractivity contribution is -0.139. The Balaban J connectivity index is 1.70. The Morgan fingerprint density at radius 1 is 1.00 bits per heavy atom. The number of hydrogen-bond acceptors (Lipinski definition) is 6. The fourth-order valence-corrected chi connectivity index (χ4v) is 5.56. The average molecular weight is 560 g/mol. The largest absolute Gasteiger partial charge is 0.480 e. The number of benzene rings is 3. The molecule has 1 amide bonds.